The largest absolute Gasteiger partial charge is 0.507 e. The van der Waals surface area contributed by atoms with Crippen LogP contribution in [0.3, 0.4) is 0 Å². The molecule has 25 heavy (non-hydrogen) atoms. The Morgan fingerprint density at radius 2 is 1.52 bits per heavy atom. The molecular weight excluding hydrogens is 330 g/mol. The number of rotatable bonds is 6. The van der Waals surface area contributed by atoms with Crippen LogP contribution in [0.4, 0.5) is 11.4 Å². The third kappa shape index (κ3) is 4.86. The summed E-state index contributed by atoms with van der Waals surface area (Å²) in [4.78, 5) is 33.0. The van der Waals surface area contributed by atoms with Gasteiger partial charge in [0.05, 0.1) is 11.4 Å². The van der Waals surface area contributed by atoms with Gasteiger partial charge in [0.2, 0.25) is 0 Å². The lowest BCUT2D eigenvalue weighted by Gasteiger charge is -2.02. The third-order valence-corrected chi connectivity index (χ3v) is 3.02. The van der Waals surface area contributed by atoms with Crippen molar-refractivity contribution in [1.82, 2.24) is 5.32 Å². The first-order chi connectivity index (χ1) is 11.9. The summed E-state index contributed by atoms with van der Waals surface area (Å²) in [5, 5.41) is 36.9. The fourth-order valence-electron chi connectivity index (χ4n) is 1.81. The number of nitrogens with zero attached hydrogens (tertiary/aromatic N) is 2. The van der Waals surface area contributed by atoms with Crippen LogP contribution >= 0.6 is 0 Å². The highest BCUT2D eigenvalue weighted by Crippen LogP contribution is 2.25. The molecule has 0 unspecified atom stereocenters. The number of aromatic carboxylic acids is 1. The minimum atomic E-state index is -1.29. The van der Waals surface area contributed by atoms with Gasteiger partial charge in [0.15, 0.2) is 0 Å². The smallest absolute Gasteiger partial charge is 0.339 e. The Balaban J connectivity index is 2.09. The average Bonchev–Trinajstić information content (AvgIpc) is 2.59. The van der Waals surface area contributed by atoms with Crippen molar-refractivity contribution in [3.05, 3.63) is 53.6 Å². The van der Waals surface area contributed by atoms with Crippen LogP contribution in [0.25, 0.3) is 0 Å². The lowest BCUT2D eigenvalue weighted by atomic mass is 10.2. The molecule has 0 aliphatic carbocycles. The second-order valence-corrected chi connectivity index (χ2v) is 4.83. The van der Waals surface area contributed by atoms with E-state index in [1.165, 1.54) is 42.5 Å². The number of phenols is 1. The Bertz CT molecular complexity index is 845. The normalized spacial score (nSPS) is 10.6. The number of aliphatic carboxylic acids is 1. The highest BCUT2D eigenvalue weighted by molar-refractivity contribution is 5.96. The first kappa shape index (κ1) is 17.6. The minimum absolute atomic E-state index is 0.235. The Morgan fingerprint density at radius 1 is 0.920 bits per heavy atom. The van der Waals surface area contributed by atoms with Crippen molar-refractivity contribution in [2.24, 2.45) is 10.2 Å². The number of benzene rings is 2. The summed E-state index contributed by atoms with van der Waals surface area (Å²) in [7, 11) is 0. The second-order valence-electron chi connectivity index (χ2n) is 4.83. The van der Waals surface area contributed by atoms with Crippen molar-refractivity contribution >= 4 is 29.2 Å². The fraction of sp³-hybridized carbons (Fsp3) is 0.0625. The number of nitrogens with one attached hydrogen (secondary N) is 1. The van der Waals surface area contributed by atoms with Crippen LogP contribution in [0.15, 0.2) is 52.7 Å². The van der Waals surface area contributed by atoms with Crippen molar-refractivity contribution in [1.29, 1.82) is 0 Å². The summed E-state index contributed by atoms with van der Waals surface area (Å²) < 4.78 is 0. The summed E-state index contributed by atoms with van der Waals surface area (Å²) in [6.07, 6.45) is 0. The molecule has 0 aliphatic heterocycles. The summed E-state index contributed by atoms with van der Waals surface area (Å²) in [5.41, 5.74) is 0.609. The third-order valence-electron chi connectivity index (χ3n) is 3.02. The van der Waals surface area contributed by atoms with Gasteiger partial charge in [-0.3, -0.25) is 9.59 Å². The predicted octanol–water partition coefficient (Wildman–Crippen LogP) is 2.32. The second kappa shape index (κ2) is 7.68. The van der Waals surface area contributed by atoms with Crippen molar-refractivity contribution < 1.29 is 29.7 Å². The molecule has 0 radical (unpaired) electrons. The molecular formula is C16H13N3O6. The molecule has 128 valence electrons. The van der Waals surface area contributed by atoms with Gasteiger partial charge in [0.25, 0.3) is 5.91 Å². The Hall–Kier alpha value is -3.75. The van der Waals surface area contributed by atoms with Gasteiger partial charge < -0.3 is 20.6 Å². The molecule has 0 saturated heterocycles. The monoisotopic (exact) mass is 343 g/mol. The van der Waals surface area contributed by atoms with E-state index in [-0.39, 0.29) is 22.6 Å². The maximum atomic E-state index is 11.7. The summed E-state index contributed by atoms with van der Waals surface area (Å²) in [6, 6.07) is 9.67. The lowest BCUT2D eigenvalue weighted by molar-refractivity contribution is -0.135. The van der Waals surface area contributed by atoms with Gasteiger partial charge in [0.1, 0.15) is 17.9 Å². The van der Waals surface area contributed by atoms with Gasteiger partial charge in [-0.1, -0.05) is 0 Å². The predicted molar refractivity (Wildman–Crippen MR) is 85.7 cm³/mol. The van der Waals surface area contributed by atoms with E-state index in [9.17, 15) is 19.5 Å². The molecule has 9 nitrogen and oxygen atoms in total. The Labute approximate surface area is 141 Å². The van der Waals surface area contributed by atoms with E-state index < -0.39 is 24.4 Å². The maximum absolute atomic E-state index is 11.7. The Kier molecular flexibility index (Phi) is 5.41. The molecule has 0 spiro atoms. The number of amides is 1. The van der Waals surface area contributed by atoms with Gasteiger partial charge in [0, 0.05) is 5.56 Å². The molecule has 0 aliphatic rings. The maximum Gasteiger partial charge on any atom is 0.339 e. The van der Waals surface area contributed by atoms with Crippen LogP contribution < -0.4 is 5.32 Å². The highest BCUT2D eigenvalue weighted by Gasteiger charge is 2.10. The molecule has 1 amide bonds. The quantitative estimate of drug-likeness (QED) is 0.591. The van der Waals surface area contributed by atoms with E-state index in [2.05, 4.69) is 15.5 Å². The standard InChI is InChI=1S/C16H13N3O6/c20-13-6-5-11(7-12(13)16(24)25)19-18-10-3-1-9(2-4-10)15(23)17-8-14(21)22/h1-7,20H,8H2,(H,17,23)(H,21,22)(H,24,25). The SMILES string of the molecule is O=C(O)CNC(=O)c1ccc(N=Nc2ccc(O)c(C(=O)O)c2)cc1. The van der Waals surface area contributed by atoms with Crippen LogP contribution in [0.2, 0.25) is 0 Å². The van der Waals surface area contributed by atoms with Gasteiger partial charge in [-0.2, -0.15) is 10.2 Å². The zero-order valence-electron chi connectivity index (χ0n) is 12.7. The van der Waals surface area contributed by atoms with Crippen LogP contribution in [0.5, 0.6) is 5.75 Å². The fourth-order valence-corrected chi connectivity index (χ4v) is 1.81. The van der Waals surface area contributed by atoms with E-state index in [0.717, 1.165) is 0 Å². The number of carboxylic acids is 2. The van der Waals surface area contributed by atoms with Gasteiger partial charge in [-0.25, -0.2) is 4.79 Å². The van der Waals surface area contributed by atoms with Gasteiger partial charge >= 0.3 is 11.9 Å². The number of carbonyl (C=O) groups excluding carboxylic acids is 1. The highest BCUT2D eigenvalue weighted by atomic mass is 16.4. The molecule has 0 heterocycles. The first-order valence-corrected chi connectivity index (χ1v) is 6.95. The molecule has 2 rings (SSSR count). The number of hydrogen-bond acceptors (Lipinski definition) is 6. The van der Waals surface area contributed by atoms with E-state index in [4.69, 9.17) is 10.2 Å². The zero-order chi connectivity index (χ0) is 18.4. The minimum Gasteiger partial charge on any atom is -0.507 e. The summed E-state index contributed by atoms with van der Waals surface area (Å²) >= 11 is 0. The molecule has 0 saturated carbocycles. The number of carbonyl (C=O) groups is 3. The number of aromatic hydroxyl groups is 1. The number of carboxylic acid groups (broad SMARTS) is 2. The molecule has 9 heteroatoms. The van der Waals surface area contributed by atoms with Crippen LogP contribution in [0, 0.1) is 0 Å². The van der Waals surface area contributed by atoms with E-state index in [1.54, 1.807) is 0 Å². The molecule has 4 N–H and O–H groups in total. The molecule has 2 aromatic carbocycles. The summed E-state index contributed by atoms with van der Waals surface area (Å²) in [6.45, 7) is -0.479. The van der Waals surface area contributed by atoms with Crippen molar-refractivity contribution in [3.63, 3.8) is 0 Å². The van der Waals surface area contributed by atoms with Gasteiger partial charge in [-0.15, -0.1) is 0 Å². The summed E-state index contributed by atoms with van der Waals surface area (Å²) in [5.74, 6) is -3.33. The van der Waals surface area contributed by atoms with Crippen LogP contribution in [0.1, 0.15) is 20.7 Å². The van der Waals surface area contributed by atoms with E-state index in [1.807, 2.05) is 0 Å². The molecule has 0 atom stereocenters. The molecule has 0 aromatic heterocycles. The zero-order valence-corrected chi connectivity index (χ0v) is 12.7. The van der Waals surface area contributed by atoms with Gasteiger partial charge in [-0.05, 0) is 42.5 Å². The average molecular weight is 343 g/mol. The van der Waals surface area contributed by atoms with Crippen molar-refractivity contribution in [2.45, 2.75) is 0 Å². The molecule has 0 bridgehead atoms. The molecule has 0 fully saturated rings. The van der Waals surface area contributed by atoms with Crippen LogP contribution in [-0.4, -0.2) is 39.7 Å². The first-order valence-electron chi connectivity index (χ1n) is 6.95. The van der Waals surface area contributed by atoms with E-state index in [0.29, 0.717) is 5.69 Å². The topological polar surface area (TPSA) is 149 Å². The lowest BCUT2D eigenvalue weighted by Crippen LogP contribution is -2.29. The van der Waals surface area contributed by atoms with Crippen molar-refractivity contribution in [3.8, 4) is 5.75 Å². The molecule has 2 aromatic rings. The number of hydrogen-bond donors (Lipinski definition) is 4. The van der Waals surface area contributed by atoms with E-state index >= 15 is 0 Å². The Morgan fingerprint density at radius 3 is 2.12 bits per heavy atom. The van der Waals surface area contributed by atoms with Crippen molar-refractivity contribution in [2.75, 3.05) is 6.54 Å². The number of azo groups is 1. The van der Waals surface area contributed by atoms with Crippen LogP contribution in [-0.2, 0) is 4.79 Å².